The lowest BCUT2D eigenvalue weighted by molar-refractivity contribution is -0.144. The maximum absolute atomic E-state index is 14.0. The quantitative estimate of drug-likeness (QED) is 0.314. The molecule has 4 rings (SSSR count). The third-order valence-electron chi connectivity index (χ3n) is 6.58. The lowest BCUT2D eigenvalue weighted by Crippen LogP contribution is -2.58. The zero-order valence-electron chi connectivity index (χ0n) is 21.3. The van der Waals surface area contributed by atoms with E-state index in [2.05, 4.69) is 10.6 Å². The normalized spacial score (nSPS) is 16.1. The average Bonchev–Trinajstić information content (AvgIpc) is 2.90. The molecule has 8 nitrogen and oxygen atoms in total. The molecule has 0 bridgehead atoms. The van der Waals surface area contributed by atoms with Crippen molar-refractivity contribution in [3.05, 3.63) is 99.5 Å². The van der Waals surface area contributed by atoms with Gasteiger partial charge >= 0.3 is 12.0 Å². The van der Waals surface area contributed by atoms with Crippen LogP contribution in [-0.2, 0) is 33.9 Å². The summed E-state index contributed by atoms with van der Waals surface area (Å²) in [5.41, 5.74) is 3.24. The molecule has 204 valence electrons. The predicted octanol–water partition coefficient (Wildman–Crippen LogP) is 5.52. The molecular formula is C29H29Cl2N3O5. The molecule has 39 heavy (non-hydrogen) atoms. The van der Waals surface area contributed by atoms with Crippen LogP contribution in [0.25, 0.3) is 0 Å². The SMILES string of the molecule is CC(OCc1ccc(Cl)cc1)C(NC(=O)Nc1cccc(Cl)c1)C(=O)N1Cc2ccccc2C[C@@H]1CC(=O)O. The van der Waals surface area contributed by atoms with Crippen LogP contribution in [0.5, 0.6) is 0 Å². The van der Waals surface area contributed by atoms with Gasteiger partial charge in [-0.15, -0.1) is 0 Å². The number of urea groups is 1. The van der Waals surface area contributed by atoms with Crippen molar-refractivity contribution < 1.29 is 24.2 Å². The van der Waals surface area contributed by atoms with E-state index < -0.39 is 36.1 Å². The molecule has 0 saturated heterocycles. The van der Waals surface area contributed by atoms with Crippen LogP contribution >= 0.6 is 23.2 Å². The van der Waals surface area contributed by atoms with Crippen LogP contribution in [0.2, 0.25) is 10.0 Å². The van der Waals surface area contributed by atoms with Gasteiger partial charge in [0.05, 0.1) is 19.1 Å². The van der Waals surface area contributed by atoms with Crippen LogP contribution < -0.4 is 10.6 Å². The summed E-state index contributed by atoms with van der Waals surface area (Å²) in [5, 5.41) is 16.0. The fourth-order valence-corrected chi connectivity index (χ4v) is 4.88. The fourth-order valence-electron chi connectivity index (χ4n) is 4.57. The average molecular weight is 570 g/mol. The third kappa shape index (κ3) is 7.72. The molecule has 0 radical (unpaired) electrons. The van der Waals surface area contributed by atoms with Crippen molar-refractivity contribution in [2.24, 2.45) is 0 Å². The van der Waals surface area contributed by atoms with Crippen molar-refractivity contribution in [2.45, 2.75) is 51.1 Å². The van der Waals surface area contributed by atoms with Gasteiger partial charge in [-0.05, 0) is 60.4 Å². The molecule has 0 saturated carbocycles. The number of nitrogens with one attached hydrogen (secondary N) is 2. The molecular weight excluding hydrogens is 541 g/mol. The molecule has 0 aromatic heterocycles. The van der Waals surface area contributed by atoms with Crippen LogP contribution in [0.3, 0.4) is 0 Å². The summed E-state index contributed by atoms with van der Waals surface area (Å²) in [7, 11) is 0. The van der Waals surface area contributed by atoms with E-state index in [9.17, 15) is 19.5 Å². The Morgan fingerprint density at radius 1 is 1.00 bits per heavy atom. The number of aliphatic carboxylic acids is 1. The molecule has 0 spiro atoms. The number of nitrogens with zero attached hydrogens (tertiary/aromatic N) is 1. The van der Waals surface area contributed by atoms with E-state index in [1.54, 1.807) is 43.3 Å². The van der Waals surface area contributed by atoms with E-state index in [-0.39, 0.29) is 19.6 Å². The van der Waals surface area contributed by atoms with Gasteiger partial charge in [-0.25, -0.2) is 4.79 Å². The highest BCUT2D eigenvalue weighted by Gasteiger charge is 2.38. The highest BCUT2D eigenvalue weighted by atomic mass is 35.5. The number of carbonyl (C=O) groups excluding carboxylic acids is 2. The number of carbonyl (C=O) groups is 3. The van der Waals surface area contributed by atoms with Crippen molar-refractivity contribution in [2.75, 3.05) is 5.32 Å². The molecule has 3 amide bonds. The van der Waals surface area contributed by atoms with E-state index >= 15 is 0 Å². The summed E-state index contributed by atoms with van der Waals surface area (Å²) in [4.78, 5) is 40.2. The summed E-state index contributed by atoms with van der Waals surface area (Å²) in [6.07, 6.45) is -0.571. The van der Waals surface area contributed by atoms with Crippen LogP contribution in [0.15, 0.2) is 72.8 Å². The molecule has 3 aromatic carbocycles. The van der Waals surface area contributed by atoms with E-state index in [0.29, 0.717) is 22.2 Å². The van der Waals surface area contributed by atoms with Gasteiger partial charge in [0.15, 0.2) is 0 Å². The highest BCUT2D eigenvalue weighted by molar-refractivity contribution is 6.31. The Balaban J connectivity index is 1.57. The van der Waals surface area contributed by atoms with E-state index in [1.807, 2.05) is 36.4 Å². The molecule has 0 fully saturated rings. The van der Waals surface area contributed by atoms with Crippen LogP contribution in [0.1, 0.15) is 30.0 Å². The number of amides is 3. The maximum Gasteiger partial charge on any atom is 0.319 e. The number of fused-ring (bicyclic) bond motifs is 1. The van der Waals surface area contributed by atoms with E-state index in [4.69, 9.17) is 27.9 Å². The van der Waals surface area contributed by atoms with E-state index in [1.165, 1.54) is 4.90 Å². The summed E-state index contributed by atoms with van der Waals surface area (Å²) in [6, 6.07) is 19.1. The number of hydrogen-bond donors (Lipinski definition) is 3. The molecule has 0 aliphatic carbocycles. The van der Waals surface area contributed by atoms with Crippen LogP contribution in [0, 0.1) is 0 Å². The maximum atomic E-state index is 14.0. The van der Waals surface area contributed by atoms with Gasteiger partial charge in [-0.1, -0.05) is 65.7 Å². The fraction of sp³-hybridized carbons (Fsp3) is 0.276. The van der Waals surface area contributed by atoms with Gasteiger partial charge < -0.3 is 25.4 Å². The zero-order valence-corrected chi connectivity index (χ0v) is 22.8. The first-order chi connectivity index (χ1) is 18.7. The lowest BCUT2D eigenvalue weighted by Gasteiger charge is -2.39. The van der Waals surface area contributed by atoms with Crippen molar-refractivity contribution in [3.63, 3.8) is 0 Å². The number of anilines is 1. The number of hydrogen-bond acceptors (Lipinski definition) is 4. The molecule has 2 unspecified atom stereocenters. The van der Waals surface area contributed by atoms with Gasteiger partial charge in [-0.3, -0.25) is 9.59 Å². The van der Waals surface area contributed by atoms with Crippen molar-refractivity contribution >= 4 is 46.8 Å². The molecule has 1 aliphatic rings. The number of carboxylic acid groups (broad SMARTS) is 1. The minimum absolute atomic E-state index is 0.182. The first kappa shape index (κ1) is 28.4. The smallest absolute Gasteiger partial charge is 0.319 e. The van der Waals surface area contributed by atoms with Crippen molar-refractivity contribution in [1.29, 1.82) is 0 Å². The first-order valence-electron chi connectivity index (χ1n) is 12.5. The second kappa shape index (κ2) is 13.0. The predicted molar refractivity (Wildman–Crippen MR) is 150 cm³/mol. The minimum Gasteiger partial charge on any atom is -0.481 e. The van der Waals surface area contributed by atoms with Gasteiger partial charge in [0, 0.05) is 28.3 Å². The van der Waals surface area contributed by atoms with E-state index in [0.717, 1.165) is 16.7 Å². The van der Waals surface area contributed by atoms with Crippen molar-refractivity contribution in [1.82, 2.24) is 10.2 Å². The molecule has 10 heteroatoms. The van der Waals surface area contributed by atoms with Crippen LogP contribution in [0.4, 0.5) is 10.5 Å². The van der Waals surface area contributed by atoms with Gasteiger partial charge in [-0.2, -0.15) is 0 Å². The number of carboxylic acids is 1. The summed E-state index contributed by atoms with van der Waals surface area (Å²) in [5.74, 6) is -1.44. The van der Waals surface area contributed by atoms with Crippen molar-refractivity contribution in [3.8, 4) is 0 Å². The van der Waals surface area contributed by atoms with Gasteiger partial charge in [0.25, 0.3) is 0 Å². The Bertz CT molecular complexity index is 1330. The molecule has 3 atom stereocenters. The first-order valence-corrected chi connectivity index (χ1v) is 13.2. The lowest BCUT2D eigenvalue weighted by atomic mass is 9.91. The second-order valence-corrected chi connectivity index (χ2v) is 10.3. The Hall–Kier alpha value is -3.59. The molecule has 1 aliphatic heterocycles. The summed E-state index contributed by atoms with van der Waals surface area (Å²) >= 11 is 12.0. The minimum atomic E-state index is -1.10. The Kier molecular flexibility index (Phi) is 9.45. The molecule has 3 N–H and O–H groups in total. The Morgan fingerprint density at radius 3 is 2.41 bits per heavy atom. The summed E-state index contributed by atoms with van der Waals surface area (Å²) < 4.78 is 6.03. The third-order valence-corrected chi connectivity index (χ3v) is 7.07. The topological polar surface area (TPSA) is 108 Å². The number of halogens is 2. The zero-order chi connectivity index (χ0) is 27.9. The Labute approximate surface area is 236 Å². The monoisotopic (exact) mass is 569 g/mol. The highest BCUT2D eigenvalue weighted by Crippen LogP contribution is 2.27. The molecule has 1 heterocycles. The molecule has 3 aromatic rings. The van der Waals surface area contributed by atoms with Gasteiger partial charge in [0.2, 0.25) is 5.91 Å². The standard InChI is InChI=1S/C29H29Cl2N3O5/c1-18(39-17-19-9-11-22(30)12-10-19)27(33-29(38)32-24-8-4-7-23(31)14-24)28(37)34-16-21-6-3-2-5-20(21)13-25(34)15-26(35)36/h2-12,14,18,25,27H,13,15-17H2,1H3,(H,35,36)(H2,32,33,38)/t18?,25-,27?/m1/s1. The Morgan fingerprint density at radius 2 is 1.72 bits per heavy atom. The summed E-state index contributed by atoms with van der Waals surface area (Å²) in [6.45, 7) is 2.11. The largest absolute Gasteiger partial charge is 0.481 e. The number of benzene rings is 3. The van der Waals surface area contributed by atoms with Gasteiger partial charge in [0.1, 0.15) is 6.04 Å². The number of rotatable bonds is 9. The van der Waals surface area contributed by atoms with Crippen LogP contribution in [-0.4, -0.2) is 46.1 Å². The second-order valence-electron chi connectivity index (χ2n) is 9.42. The number of ether oxygens (including phenoxy) is 1.